The molecule has 22 heavy (non-hydrogen) atoms. The van der Waals surface area contributed by atoms with Gasteiger partial charge >= 0.3 is 5.97 Å². The molecule has 0 radical (unpaired) electrons. The summed E-state index contributed by atoms with van der Waals surface area (Å²) in [6.07, 6.45) is 7.32. The largest absolute Gasteiger partial charge is 0.466 e. The lowest BCUT2D eigenvalue weighted by Gasteiger charge is -2.34. The zero-order chi connectivity index (χ0) is 15.1. The van der Waals surface area contributed by atoms with Crippen LogP contribution in [-0.4, -0.2) is 50.1 Å². The zero-order valence-electron chi connectivity index (χ0n) is 13.8. The minimum atomic E-state index is -0.0635. The van der Waals surface area contributed by atoms with Crippen molar-refractivity contribution in [3.8, 4) is 0 Å². The molecule has 1 N–H and O–H groups in total. The molecule has 0 spiro atoms. The predicted octanol–water partition coefficient (Wildman–Crippen LogP) is 2.65. The van der Waals surface area contributed by atoms with E-state index in [0.717, 1.165) is 44.4 Å². The number of nitrogens with one attached hydrogen (secondary N) is 1. The highest BCUT2D eigenvalue weighted by Crippen LogP contribution is 2.33. The van der Waals surface area contributed by atoms with Crippen LogP contribution in [0.2, 0.25) is 0 Å². The zero-order valence-corrected chi connectivity index (χ0v) is 16.2. The number of hydrogen-bond donors (Lipinski definition) is 1. The maximum Gasteiger partial charge on any atom is 0.310 e. The summed E-state index contributed by atoms with van der Waals surface area (Å²) in [5.74, 6) is 1.84. The number of hydrogen-bond acceptors (Lipinski definition) is 3. The number of guanidine groups is 1. The summed E-state index contributed by atoms with van der Waals surface area (Å²) in [5, 5.41) is 3.44. The van der Waals surface area contributed by atoms with E-state index in [0.29, 0.717) is 6.61 Å². The van der Waals surface area contributed by atoms with Crippen molar-refractivity contribution >= 4 is 35.9 Å². The molecule has 1 saturated heterocycles. The summed E-state index contributed by atoms with van der Waals surface area (Å²) >= 11 is 0. The van der Waals surface area contributed by atoms with E-state index in [1.54, 1.807) is 0 Å². The third-order valence-corrected chi connectivity index (χ3v) is 4.32. The van der Waals surface area contributed by atoms with Gasteiger partial charge in [0, 0.05) is 26.7 Å². The number of carbonyl (C=O) groups excluding carboxylic acids is 1. The average molecular weight is 423 g/mol. The highest BCUT2D eigenvalue weighted by atomic mass is 127. The number of rotatable bonds is 6. The molecule has 128 valence electrons. The van der Waals surface area contributed by atoms with Gasteiger partial charge in [-0.05, 0) is 38.5 Å². The first-order chi connectivity index (χ1) is 10.2. The molecule has 0 bridgehead atoms. The van der Waals surface area contributed by atoms with Crippen LogP contribution in [0.15, 0.2) is 4.99 Å². The molecule has 0 aromatic rings. The van der Waals surface area contributed by atoms with Crippen LogP contribution in [0, 0.1) is 11.8 Å². The number of aliphatic imine (C=N–C) groups is 1. The van der Waals surface area contributed by atoms with E-state index in [9.17, 15) is 4.79 Å². The molecule has 2 aliphatic rings. The smallest absolute Gasteiger partial charge is 0.310 e. The first-order valence-corrected chi connectivity index (χ1v) is 8.36. The number of carbonyl (C=O) groups is 1. The molecule has 2 fully saturated rings. The highest BCUT2D eigenvalue weighted by Gasteiger charge is 2.28. The topological polar surface area (TPSA) is 53.9 Å². The number of ether oxygens (including phenoxy) is 1. The first-order valence-electron chi connectivity index (χ1n) is 8.36. The maximum absolute atomic E-state index is 11.9. The maximum atomic E-state index is 11.9. The SMILES string of the molecule is CCOC(=O)C1CCCN(C(=NC)NCCCC2CC2)C1.I. The summed E-state index contributed by atoms with van der Waals surface area (Å²) in [6, 6.07) is 0. The van der Waals surface area contributed by atoms with Gasteiger partial charge in [-0.1, -0.05) is 12.8 Å². The lowest BCUT2D eigenvalue weighted by Crippen LogP contribution is -2.48. The molecule has 1 aliphatic heterocycles. The first kappa shape index (κ1) is 19.5. The van der Waals surface area contributed by atoms with Crippen LogP contribution >= 0.6 is 24.0 Å². The van der Waals surface area contributed by atoms with Crippen molar-refractivity contribution in [2.24, 2.45) is 16.8 Å². The van der Waals surface area contributed by atoms with Gasteiger partial charge in [-0.15, -0.1) is 24.0 Å². The Labute approximate surface area is 151 Å². The van der Waals surface area contributed by atoms with Crippen LogP contribution in [0.1, 0.15) is 45.4 Å². The van der Waals surface area contributed by atoms with Crippen molar-refractivity contribution in [1.82, 2.24) is 10.2 Å². The van der Waals surface area contributed by atoms with E-state index in [4.69, 9.17) is 4.74 Å². The van der Waals surface area contributed by atoms with Crippen LogP contribution in [-0.2, 0) is 9.53 Å². The monoisotopic (exact) mass is 423 g/mol. The van der Waals surface area contributed by atoms with Crippen molar-refractivity contribution in [2.45, 2.75) is 45.4 Å². The molecular formula is C16H30IN3O2. The molecule has 1 heterocycles. The molecule has 0 aromatic heterocycles. The van der Waals surface area contributed by atoms with Crippen molar-refractivity contribution in [3.05, 3.63) is 0 Å². The normalized spacial score (nSPS) is 22.0. The summed E-state index contributed by atoms with van der Waals surface area (Å²) in [5.41, 5.74) is 0. The molecule has 1 saturated carbocycles. The van der Waals surface area contributed by atoms with Crippen molar-refractivity contribution in [3.63, 3.8) is 0 Å². The van der Waals surface area contributed by atoms with E-state index >= 15 is 0 Å². The molecule has 1 atom stereocenters. The molecule has 6 heteroatoms. The number of piperidine rings is 1. The Morgan fingerprint density at radius 1 is 1.36 bits per heavy atom. The third-order valence-electron chi connectivity index (χ3n) is 4.32. The quantitative estimate of drug-likeness (QED) is 0.235. The van der Waals surface area contributed by atoms with Gasteiger partial charge in [0.05, 0.1) is 12.5 Å². The number of halogens is 1. The minimum absolute atomic E-state index is 0. The van der Waals surface area contributed by atoms with Crippen LogP contribution in [0.25, 0.3) is 0 Å². The molecule has 5 nitrogen and oxygen atoms in total. The number of nitrogens with zero attached hydrogens (tertiary/aromatic N) is 2. The Bertz CT molecular complexity index is 372. The predicted molar refractivity (Wildman–Crippen MR) is 99.7 cm³/mol. The van der Waals surface area contributed by atoms with Gasteiger partial charge in [0.1, 0.15) is 0 Å². The summed E-state index contributed by atoms with van der Waals surface area (Å²) in [6.45, 7) is 4.99. The van der Waals surface area contributed by atoms with E-state index in [-0.39, 0.29) is 35.9 Å². The fraction of sp³-hybridized carbons (Fsp3) is 0.875. The number of esters is 1. The average Bonchev–Trinajstić information content (AvgIpc) is 3.32. The lowest BCUT2D eigenvalue weighted by atomic mass is 9.98. The standard InChI is InChI=1S/C16H29N3O2.HI/c1-3-21-15(20)14-7-5-11-19(12-14)16(17-2)18-10-4-6-13-8-9-13;/h13-14H,3-12H2,1-2H3,(H,17,18);1H. The van der Waals surface area contributed by atoms with E-state index < -0.39 is 0 Å². The van der Waals surface area contributed by atoms with Gasteiger partial charge < -0.3 is 15.0 Å². The van der Waals surface area contributed by atoms with E-state index in [2.05, 4.69) is 15.2 Å². The Morgan fingerprint density at radius 2 is 2.14 bits per heavy atom. The van der Waals surface area contributed by atoms with E-state index in [1.807, 2.05) is 14.0 Å². The van der Waals surface area contributed by atoms with E-state index in [1.165, 1.54) is 25.7 Å². The van der Waals surface area contributed by atoms with Crippen LogP contribution in [0.4, 0.5) is 0 Å². The molecule has 0 aromatic carbocycles. The minimum Gasteiger partial charge on any atom is -0.466 e. The van der Waals surface area contributed by atoms with Crippen molar-refractivity contribution in [2.75, 3.05) is 33.3 Å². The van der Waals surface area contributed by atoms with Crippen LogP contribution in [0.5, 0.6) is 0 Å². The summed E-state index contributed by atoms with van der Waals surface area (Å²) in [4.78, 5) is 18.4. The Kier molecular flexibility index (Phi) is 9.12. The van der Waals surface area contributed by atoms with Gasteiger partial charge in [-0.2, -0.15) is 0 Å². The Hall–Kier alpha value is -0.530. The lowest BCUT2D eigenvalue weighted by molar-refractivity contribution is -0.149. The number of likely N-dealkylation sites (tertiary alicyclic amines) is 1. The summed E-state index contributed by atoms with van der Waals surface area (Å²) < 4.78 is 5.15. The van der Waals surface area contributed by atoms with Gasteiger partial charge in [0.25, 0.3) is 0 Å². The van der Waals surface area contributed by atoms with Gasteiger partial charge in [0.15, 0.2) is 5.96 Å². The van der Waals surface area contributed by atoms with Gasteiger partial charge in [-0.3, -0.25) is 9.79 Å². The van der Waals surface area contributed by atoms with Gasteiger partial charge in [0.2, 0.25) is 0 Å². The fourth-order valence-electron chi connectivity index (χ4n) is 2.95. The molecule has 2 rings (SSSR count). The molecule has 0 amide bonds. The summed E-state index contributed by atoms with van der Waals surface area (Å²) in [7, 11) is 1.82. The second-order valence-corrected chi connectivity index (χ2v) is 6.10. The van der Waals surface area contributed by atoms with Gasteiger partial charge in [-0.25, -0.2) is 0 Å². The fourth-order valence-corrected chi connectivity index (χ4v) is 2.95. The second kappa shape index (κ2) is 10.3. The van der Waals surface area contributed by atoms with Crippen LogP contribution in [0.3, 0.4) is 0 Å². The van der Waals surface area contributed by atoms with Crippen molar-refractivity contribution < 1.29 is 9.53 Å². The second-order valence-electron chi connectivity index (χ2n) is 6.10. The van der Waals surface area contributed by atoms with Crippen LogP contribution < -0.4 is 5.32 Å². The molecule has 1 unspecified atom stereocenters. The van der Waals surface area contributed by atoms with Crippen molar-refractivity contribution in [1.29, 1.82) is 0 Å². The highest BCUT2D eigenvalue weighted by molar-refractivity contribution is 14.0. The molecule has 1 aliphatic carbocycles. The Morgan fingerprint density at radius 3 is 2.77 bits per heavy atom. The molecular weight excluding hydrogens is 393 g/mol. The third kappa shape index (κ3) is 6.30. The Balaban J connectivity index is 0.00000242.